The molecule has 0 unspecified atom stereocenters. The van der Waals surface area contributed by atoms with E-state index in [0.29, 0.717) is 17.6 Å². The number of nitrogens with zero attached hydrogens (tertiary/aromatic N) is 4. The lowest BCUT2D eigenvalue weighted by molar-refractivity contribution is 0.955. The Balaban J connectivity index is 1.63. The number of para-hydroxylation sites is 1. The van der Waals surface area contributed by atoms with E-state index < -0.39 is 0 Å². The van der Waals surface area contributed by atoms with Gasteiger partial charge in [-0.3, -0.25) is 4.57 Å². The minimum absolute atomic E-state index is 0.600. The van der Waals surface area contributed by atoms with Crippen LogP contribution in [0.25, 0.3) is 72.8 Å². The average molecular weight is 521 g/mol. The summed E-state index contributed by atoms with van der Waals surface area (Å²) >= 11 is 1.78. The van der Waals surface area contributed by atoms with Crippen LogP contribution in [0.5, 0.6) is 0 Å². The van der Waals surface area contributed by atoms with Crippen LogP contribution < -0.4 is 0 Å². The van der Waals surface area contributed by atoms with Gasteiger partial charge >= 0.3 is 0 Å². The van der Waals surface area contributed by atoms with Crippen molar-refractivity contribution in [1.29, 1.82) is 0 Å². The van der Waals surface area contributed by atoms with E-state index in [1.54, 1.807) is 11.3 Å². The first kappa shape index (κ1) is 23.3. The van der Waals surface area contributed by atoms with E-state index >= 15 is 0 Å². The van der Waals surface area contributed by atoms with E-state index in [4.69, 9.17) is 15.0 Å². The fraction of sp³-hybridized carbons (Fsp3) is 0.0294. The highest BCUT2D eigenvalue weighted by Gasteiger charge is 2.21. The van der Waals surface area contributed by atoms with Crippen molar-refractivity contribution in [3.05, 3.63) is 120 Å². The predicted molar refractivity (Wildman–Crippen MR) is 165 cm³/mol. The van der Waals surface area contributed by atoms with Crippen LogP contribution in [0.1, 0.15) is 17.4 Å². The first-order valence-electron chi connectivity index (χ1n) is 12.9. The van der Waals surface area contributed by atoms with Crippen molar-refractivity contribution in [3.8, 4) is 28.7 Å². The molecule has 0 bridgehead atoms. The Bertz CT molecular complexity index is 1980. The Kier molecular flexibility index (Phi) is 5.64. The van der Waals surface area contributed by atoms with Gasteiger partial charge in [-0.2, -0.15) is 9.97 Å². The van der Waals surface area contributed by atoms with Crippen molar-refractivity contribution in [2.24, 2.45) is 0 Å². The van der Waals surface area contributed by atoms with Gasteiger partial charge in [-0.05, 0) is 24.6 Å². The van der Waals surface area contributed by atoms with E-state index in [1.807, 2.05) is 73.7 Å². The molecule has 0 amide bonds. The zero-order chi connectivity index (χ0) is 26.3. The molecule has 0 saturated heterocycles. The van der Waals surface area contributed by atoms with Gasteiger partial charge in [-0.25, -0.2) is 4.98 Å². The van der Waals surface area contributed by atoms with Gasteiger partial charge in [0.15, 0.2) is 11.6 Å². The van der Waals surface area contributed by atoms with Gasteiger partial charge in [-0.1, -0.05) is 110 Å². The molecule has 186 valence electrons. The molecule has 3 aromatic heterocycles. The number of benzene rings is 4. The molecule has 7 rings (SSSR count). The van der Waals surface area contributed by atoms with Crippen LogP contribution in [0.2, 0.25) is 0 Å². The number of hydrogen-bond donors (Lipinski definition) is 0. The highest BCUT2D eigenvalue weighted by molar-refractivity contribution is 7.21. The quantitative estimate of drug-likeness (QED) is 0.227. The summed E-state index contributed by atoms with van der Waals surface area (Å²) in [6, 6.07) is 33.1. The maximum Gasteiger partial charge on any atom is 0.238 e. The topological polar surface area (TPSA) is 43.6 Å². The van der Waals surface area contributed by atoms with Crippen molar-refractivity contribution in [2.45, 2.75) is 6.92 Å². The van der Waals surface area contributed by atoms with Gasteiger partial charge in [0, 0.05) is 32.2 Å². The molecule has 0 atom stereocenters. The molecule has 7 aromatic rings. The van der Waals surface area contributed by atoms with E-state index in [2.05, 4.69) is 59.7 Å². The number of thiophene rings is 1. The Hall–Kier alpha value is -4.87. The fourth-order valence-corrected chi connectivity index (χ4v) is 6.54. The third-order valence-electron chi connectivity index (χ3n) is 6.97. The molecule has 0 fully saturated rings. The monoisotopic (exact) mass is 520 g/mol. The average Bonchev–Trinajstić information content (AvgIpc) is 3.53. The molecule has 0 aliphatic rings. The van der Waals surface area contributed by atoms with Crippen molar-refractivity contribution in [1.82, 2.24) is 19.5 Å². The number of fused-ring (bicyclic) bond motifs is 5. The third kappa shape index (κ3) is 3.78. The molecule has 39 heavy (non-hydrogen) atoms. The van der Waals surface area contributed by atoms with Crippen LogP contribution >= 0.6 is 11.3 Å². The van der Waals surface area contributed by atoms with Crippen molar-refractivity contribution in [2.75, 3.05) is 0 Å². The summed E-state index contributed by atoms with van der Waals surface area (Å²) in [6.45, 7) is 6.17. The van der Waals surface area contributed by atoms with Crippen molar-refractivity contribution in [3.63, 3.8) is 0 Å². The predicted octanol–water partition coefficient (Wildman–Crippen LogP) is 9.19. The van der Waals surface area contributed by atoms with E-state index in [1.165, 1.54) is 25.7 Å². The van der Waals surface area contributed by atoms with Crippen LogP contribution in [0.15, 0.2) is 110 Å². The van der Waals surface area contributed by atoms with Crippen LogP contribution in [-0.2, 0) is 0 Å². The standard InChI is InChI=1S/C34H24N4S/c1-3-13-29-24(4-2)27-21-20-26-25-18-11-12-19-28(25)38(30(26)31(27)39-29)34-36-32(22-14-7-5-8-15-22)35-33(37-34)23-16-9-6-10-17-23/h3-21H,2H2,1H3/b13-3-. The summed E-state index contributed by atoms with van der Waals surface area (Å²) in [6.07, 6.45) is 6.19. The Labute approximate surface area is 230 Å². The summed E-state index contributed by atoms with van der Waals surface area (Å²) in [7, 11) is 0. The fourth-order valence-electron chi connectivity index (χ4n) is 5.23. The molecule has 3 heterocycles. The minimum atomic E-state index is 0.600. The van der Waals surface area contributed by atoms with Gasteiger partial charge < -0.3 is 0 Å². The van der Waals surface area contributed by atoms with E-state index in [0.717, 1.165) is 27.7 Å². The molecule has 0 saturated carbocycles. The van der Waals surface area contributed by atoms with E-state index in [9.17, 15) is 0 Å². The van der Waals surface area contributed by atoms with Crippen molar-refractivity contribution < 1.29 is 0 Å². The summed E-state index contributed by atoms with van der Waals surface area (Å²) in [4.78, 5) is 16.3. The number of hydrogen-bond acceptors (Lipinski definition) is 4. The van der Waals surface area contributed by atoms with Crippen LogP contribution in [0, 0.1) is 0 Å². The molecule has 0 radical (unpaired) electrons. The summed E-state index contributed by atoms with van der Waals surface area (Å²) < 4.78 is 3.39. The maximum absolute atomic E-state index is 5.08. The zero-order valence-corrected chi connectivity index (χ0v) is 22.2. The van der Waals surface area contributed by atoms with Crippen LogP contribution in [-0.4, -0.2) is 19.5 Å². The third-order valence-corrected chi connectivity index (χ3v) is 8.16. The second-order valence-electron chi connectivity index (χ2n) is 9.29. The van der Waals surface area contributed by atoms with Gasteiger partial charge in [0.2, 0.25) is 5.95 Å². The van der Waals surface area contributed by atoms with E-state index in [-0.39, 0.29) is 0 Å². The number of aromatic nitrogens is 4. The maximum atomic E-state index is 5.08. The summed E-state index contributed by atoms with van der Waals surface area (Å²) in [5, 5.41) is 3.52. The summed E-state index contributed by atoms with van der Waals surface area (Å²) in [5.41, 5.74) is 5.21. The molecular formula is C34H24N4S. The second kappa shape index (κ2) is 9.46. The second-order valence-corrected chi connectivity index (χ2v) is 10.3. The van der Waals surface area contributed by atoms with Crippen LogP contribution in [0.3, 0.4) is 0 Å². The highest BCUT2D eigenvalue weighted by atomic mass is 32.1. The normalized spacial score (nSPS) is 11.7. The lowest BCUT2D eigenvalue weighted by atomic mass is 10.1. The van der Waals surface area contributed by atoms with Gasteiger partial charge in [0.25, 0.3) is 0 Å². The van der Waals surface area contributed by atoms with Crippen molar-refractivity contribution >= 4 is 55.4 Å². The molecule has 0 spiro atoms. The Morgan fingerprint density at radius 3 is 1.95 bits per heavy atom. The number of allylic oxidation sites excluding steroid dienone is 1. The summed E-state index contributed by atoms with van der Waals surface area (Å²) in [5.74, 6) is 1.89. The van der Waals surface area contributed by atoms with Gasteiger partial charge in [0.1, 0.15) is 0 Å². The lowest BCUT2D eigenvalue weighted by Gasteiger charge is -2.11. The molecule has 0 aliphatic carbocycles. The zero-order valence-electron chi connectivity index (χ0n) is 21.4. The molecule has 4 aromatic carbocycles. The molecular weight excluding hydrogens is 496 g/mol. The molecule has 0 aliphatic heterocycles. The van der Waals surface area contributed by atoms with Gasteiger partial charge in [-0.15, -0.1) is 11.3 Å². The Morgan fingerprint density at radius 2 is 1.31 bits per heavy atom. The Morgan fingerprint density at radius 1 is 0.692 bits per heavy atom. The first-order valence-corrected chi connectivity index (χ1v) is 13.7. The minimum Gasteiger partial charge on any atom is -0.276 e. The lowest BCUT2D eigenvalue weighted by Crippen LogP contribution is -2.06. The van der Waals surface area contributed by atoms with Crippen LogP contribution in [0.4, 0.5) is 0 Å². The molecule has 4 nitrogen and oxygen atoms in total. The number of rotatable bonds is 5. The first-order chi connectivity index (χ1) is 19.3. The highest BCUT2D eigenvalue weighted by Crippen LogP contribution is 2.42. The molecule has 0 N–H and O–H groups in total. The SMILES string of the molecule is C=Cc1c(/C=C\C)sc2c1ccc1c3ccccc3n(-c3nc(-c4ccccc4)nc(-c4ccccc4)n3)c12. The smallest absolute Gasteiger partial charge is 0.238 e. The molecule has 5 heteroatoms. The largest absolute Gasteiger partial charge is 0.276 e. The van der Waals surface area contributed by atoms with Gasteiger partial charge in [0.05, 0.1) is 15.7 Å².